The van der Waals surface area contributed by atoms with Crippen molar-refractivity contribution < 1.29 is 9.90 Å². The highest BCUT2D eigenvalue weighted by molar-refractivity contribution is 5.66. The highest BCUT2D eigenvalue weighted by Crippen LogP contribution is 2.29. The zero-order valence-electron chi connectivity index (χ0n) is 10.0. The second-order valence-electron chi connectivity index (χ2n) is 4.53. The Labute approximate surface area is 105 Å². The Kier molecular flexibility index (Phi) is 3.85. The second-order valence-corrected chi connectivity index (χ2v) is 4.53. The SMILES string of the molecule is [N-]=[N+]=NC(CCC(=O)O)c1ccc2c(c1)CCC2. The van der Waals surface area contributed by atoms with Gasteiger partial charge in [0.15, 0.2) is 0 Å². The molecule has 0 radical (unpaired) electrons. The maximum atomic E-state index is 10.6. The van der Waals surface area contributed by atoms with Gasteiger partial charge in [0.2, 0.25) is 0 Å². The minimum absolute atomic E-state index is 0.0147. The number of rotatable bonds is 5. The van der Waals surface area contributed by atoms with Gasteiger partial charge in [0, 0.05) is 11.3 Å². The number of fused-ring (bicyclic) bond motifs is 1. The van der Waals surface area contributed by atoms with Crippen molar-refractivity contribution in [2.45, 2.75) is 38.1 Å². The molecule has 0 saturated heterocycles. The highest BCUT2D eigenvalue weighted by atomic mass is 16.4. The van der Waals surface area contributed by atoms with E-state index in [2.05, 4.69) is 22.2 Å². The van der Waals surface area contributed by atoms with Gasteiger partial charge in [-0.15, -0.1) is 0 Å². The van der Waals surface area contributed by atoms with E-state index in [1.54, 1.807) is 0 Å². The summed E-state index contributed by atoms with van der Waals surface area (Å²) in [7, 11) is 0. The number of hydrogen-bond donors (Lipinski definition) is 1. The van der Waals surface area contributed by atoms with Crippen LogP contribution in [0, 0.1) is 0 Å². The molecule has 1 atom stereocenters. The molecule has 1 aromatic carbocycles. The first kappa shape index (κ1) is 12.5. The van der Waals surface area contributed by atoms with Crippen molar-refractivity contribution in [3.05, 3.63) is 45.3 Å². The number of hydrogen-bond acceptors (Lipinski definition) is 2. The molecule has 0 amide bonds. The molecule has 94 valence electrons. The molecule has 1 N–H and O–H groups in total. The smallest absolute Gasteiger partial charge is 0.303 e. The lowest BCUT2D eigenvalue weighted by Gasteiger charge is -2.12. The van der Waals surface area contributed by atoms with Crippen LogP contribution in [0.2, 0.25) is 0 Å². The van der Waals surface area contributed by atoms with E-state index in [4.69, 9.17) is 10.6 Å². The fourth-order valence-corrected chi connectivity index (χ4v) is 2.41. The van der Waals surface area contributed by atoms with Gasteiger partial charge in [-0.3, -0.25) is 4.79 Å². The third-order valence-electron chi connectivity index (χ3n) is 3.33. The molecular formula is C13H15N3O2. The average Bonchev–Trinajstić information content (AvgIpc) is 2.81. The van der Waals surface area contributed by atoms with Gasteiger partial charge in [0.05, 0.1) is 6.04 Å². The molecule has 1 aliphatic rings. The van der Waals surface area contributed by atoms with Gasteiger partial charge in [-0.25, -0.2) is 0 Å². The molecular weight excluding hydrogens is 230 g/mol. The number of carbonyl (C=O) groups is 1. The van der Waals surface area contributed by atoms with Crippen molar-refractivity contribution in [1.82, 2.24) is 0 Å². The molecule has 0 saturated carbocycles. The maximum absolute atomic E-state index is 10.6. The fourth-order valence-electron chi connectivity index (χ4n) is 2.41. The molecule has 0 spiro atoms. The van der Waals surface area contributed by atoms with Crippen LogP contribution in [0.4, 0.5) is 0 Å². The van der Waals surface area contributed by atoms with E-state index in [9.17, 15) is 4.79 Å². The molecule has 1 aromatic rings. The van der Waals surface area contributed by atoms with E-state index < -0.39 is 5.97 Å². The molecule has 18 heavy (non-hydrogen) atoms. The fraction of sp³-hybridized carbons (Fsp3) is 0.462. The molecule has 5 heteroatoms. The molecule has 5 nitrogen and oxygen atoms in total. The second kappa shape index (κ2) is 5.56. The van der Waals surface area contributed by atoms with Crippen molar-refractivity contribution in [3.8, 4) is 0 Å². The Morgan fingerprint density at radius 2 is 2.22 bits per heavy atom. The first-order chi connectivity index (χ1) is 8.70. The van der Waals surface area contributed by atoms with Gasteiger partial charge in [0.1, 0.15) is 0 Å². The van der Waals surface area contributed by atoms with E-state index in [0.717, 1.165) is 18.4 Å². The number of azide groups is 1. The first-order valence-corrected chi connectivity index (χ1v) is 6.08. The van der Waals surface area contributed by atoms with Gasteiger partial charge in [0.25, 0.3) is 0 Å². The lowest BCUT2D eigenvalue weighted by Crippen LogP contribution is -2.01. The predicted molar refractivity (Wildman–Crippen MR) is 67.2 cm³/mol. The lowest BCUT2D eigenvalue weighted by molar-refractivity contribution is -0.137. The Morgan fingerprint density at radius 3 is 2.94 bits per heavy atom. The summed E-state index contributed by atoms with van der Waals surface area (Å²) >= 11 is 0. The van der Waals surface area contributed by atoms with Crippen LogP contribution < -0.4 is 0 Å². The third-order valence-corrected chi connectivity index (χ3v) is 3.33. The van der Waals surface area contributed by atoms with Crippen LogP contribution in [0.3, 0.4) is 0 Å². The summed E-state index contributed by atoms with van der Waals surface area (Å²) in [5.74, 6) is -0.866. The van der Waals surface area contributed by atoms with E-state index in [0.29, 0.717) is 6.42 Å². The van der Waals surface area contributed by atoms with Gasteiger partial charge < -0.3 is 5.11 Å². The Hall–Kier alpha value is -2.00. The van der Waals surface area contributed by atoms with Gasteiger partial charge in [-0.05, 0) is 47.9 Å². The zero-order chi connectivity index (χ0) is 13.0. The summed E-state index contributed by atoms with van der Waals surface area (Å²) in [5.41, 5.74) is 12.2. The van der Waals surface area contributed by atoms with Crippen molar-refractivity contribution in [2.75, 3.05) is 0 Å². The maximum Gasteiger partial charge on any atom is 0.303 e. The molecule has 0 aromatic heterocycles. The topological polar surface area (TPSA) is 86.1 Å². The summed E-state index contributed by atoms with van der Waals surface area (Å²) in [4.78, 5) is 13.4. The molecule has 0 aliphatic heterocycles. The summed E-state index contributed by atoms with van der Waals surface area (Å²) < 4.78 is 0. The average molecular weight is 245 g/mol. The van der Waals surface area contributed by atoms with Crippen molar-refractivity contribution in [2.24, 2.45) is 5.11 Å². The number of nitrogens with zero attached hydrogens (tertiary/aromatic N) is 3. The largest absolute Gasteiger partial charge is 0.481 e. The van der Waals surface area contributed by atoms with E-state index in [1.165, 1.54) is 17.5 Å². The Morgan fingerprint density at radius 1 is 1.44 bits per heavy atom. The minimum Gasteiger partial charge on any atom is -0.481 e. The van der Waals surface area contributed by atoms with Crippen LogP contribution in [0.25, 0.3) is 10.4 Å². The summed E-state index contributed by atoms with van der Waals surface area (Å²) in [5, 5.41) is 12.4. The molecule has 0 bridgehead atoms. The van der Waals surface area contributed by atoms with Gasteiger partial charge in [-0.1, -0.05) is 23.3 Å². The van der Waals surface area contributed by atoms with Crippen LogP contribution in [0.15, 0.2) is 23.3 Å². The predicted octanol–water partition coefficient (Wildman–Crippen LogP) is 3.39. The normalized spacial score (nSPS) is 14.7. The standard InChI is InChI=1S/C13H15N3O2/c14-16-15-12(6-7-13(17)18)11-5-4-9-2-1-3-10(9)8-11/h4-5,8,12H,1-3,6-7H2,(H,17,18). The lowest BCUT2D eigenvalue weighted by atomic mass is 9.98. The van der Waals surface area contributed by atoms with Crippen LogP contribution in [-0.2, 0) is 17.6 Å². The summed E-state index contributed by atoms with van der Waals surface area (Å²) in [6.07, 6.45) is 3.70. The minimum atomic E-state index is -0.866. The monoisotopic (exact) mass is 245 g/mol. The Balaban J connectivity index is 2.19. The molecule has 1 unspecified atom stereocenters. The molecule has 0 fully saturated rings. The molecule has 2 rings (SSSR count). The summed E-state index contributed by atoms with van der Waals surface area (Å²) in [6.45, 7) is 0. The van der Waals surface area contributed by atoms with Crippen LogP contribution in [0.5, 0.6) is 0 Å². The highest BCUT2D eigenvalue weighted by Gasteiger charge is 2.16. The van der Waals surface area contributed by atoms with Crippen LogP contribution in [0.1, 0.15) is 42.0 Å². The number of carboxylic acids is 1. The van der Waals surface area contributed by atoms with Crippen LogP contribution in [-0.4, -0.2) is 11.1 Å². The van der Waals surface area contributed by atoms with E-state index in [-0.39, 0.29) is 12.5 Å². The number of carboxylic acid groups (broad SMARTS) is 1. The Bertz CT molecular complexity index is 507. The van der Waals surface area contributed by atoms with Gasteiger partial charge >= 0.3 is 5.97 Å². The first-order valence-electron chi connectivity index (χ1n) is 6.08. The summed E-state index contributed by atoms with van der Waals surface area (Å²) in [6, 6.07) is 5.70. The number of aryl methyl sites for hydroxylation is 2. The van der Waals surface area contributed by atoms with Crippen LogP contribution >= 0.6 is 0 Å². The molecule has 1 aliphatic carbocycles. The number of benzene rings is 1. The molecule has 0 heterocycles. The van der Waals surface area contributed by atoms with E-state index >= 15 is 0 Å². The van der Waals surface area contributed by atoms with Gasteiger partial charge in [-0.2, -0.15) is 0 Å². The van der Waals surface area contributed by atoms with Crippen molar-refractivity contribution >= 4 is 5.97 Å². The third kappa shape index (κ3) is 2.81. The van der Waals surface area contributed by atoms with E-state index in [1.807, 2.05) is 6.07 Å². The number of aliphatic carboxylic acids is 1. The van der Waals surface area contributed by atoms with Crippen molar-refractivity contribution in [3.63, 3.8) is 0 Å². The van der Waals surface area contributed by atoms with Crippen molar-refractivity contribution in [1.29, 1.82) is 0 Å². The quantitative estimate of drug-likeness (QED) is 0.489. The zero-order valence-corrected chi connectivity index (χ0v) is 10.0.